The van der Waals surface area contributed by atoms with Crippen LogP contribution in [-0.2, 0) is 6.61 Å². The number of halogens is 2. The molecule has 0 bridgehead atoms. The second kappa shape index (κ2) is 5.49. The van der Waals surface area contributed by atoms with Crippen molar-refractivity contribution >= 4 is 17.3 Å². The number of ether oxygens (including phenoxy) is 1. The van der Waals surface area contributed by atoms with Gasteiger partial charge in [-0.2, -0.15) is 0 Å². The maximum Gasteiger partial charge on any atom is 0.131 e. The lowest BCUT2D eigenvalue weighted by Crippen LogP contribution is -2.02. The van der Waals surface area contributed by atoms with E-state index in [1.807, 2.05) is 26.0 Å². The van der Waals surface area contributed by atoms with Crippen LogP contribution in [0.1, 0.15) is 16.7 Å². The fourth-order valence-corrected chi connectivity index (χ4v) is 2.01. The van der Waals surface area contributed by atoms with Gasteiger partial charge in [-0.3, -0.25) is 0 Å². The van der Waals surface area contributed by atoms with Gasteiger partial charge in [0.25, 0.3) is 0 Å². The standard InChI is InChI=1S/C15H15ClFNO/c1-9-3-6-14(18)10(2)15(9)19-8-11-4-5-12(16)7-13(11)17/h3-7H,8,18H2,1-2H3. The minimum atomic E-state index is -0.369. The fraction of sp³-hybridized carbons (Fsp3) is 0.200. The molecule has 0 aromatic heterocycles. The number of nitrogens with two attached hydrogens (primary N) is 1. The Labute approximate surface area is 117 Å². The van der Waals surface area contributed by atoms with Crippen LogP contribution in [-0.4, -0.2) is 0 Å². The van der Waals surface area contributed by atoms with Crippen molar-refractivity contribution in [1.82, 2.24) is 0 Å². The lowest BCUT2D eigenvalue weighted by Gasteiger charge is -2.14. The Balaban J connectivity index is 2.21. The third-order valence-corrected chi connectivity index (χ3v) is 3.27. The van der Waals surface area contributed by atoms with E-state index in [0.717, 1.165) is 11.1 Å². The third-order valence-electron chi connectivity index (χ3n) is 3.03. The molecular weight excluding hydrogens is 265 g/mol. The predicted octanol–water partition coefficient (Wildman–Crippen LogP) is 4.26. The van der Waals surface area contributed by atoms with Crippen LogP contribution < -0.4 is 10.5 Å². The van der Waals surface area contributed by atoms with Crippen molar-refractivity contribution < 1.29 is 9.13 Å². The normalized spacial score (nSPS) is 10.5. The van der Waals surface area contributed by atoms with Crippen LogP contribution in [0.25, 0.3) is 0 Å². The van der Waals surface area contributed by atoms with E-state index in [4.69, 9.17) is 22.1 Å². The van der Waals surface area contributed by atoms with Crippen LogP contribution in [0.2, 0.25) is 5.02 Å². The van der Waals surface area contributed by atoms with Crippen LogP contribution in [0.5, 0.6) is 5.75 Å². The average molecular weight is 280 g/mol. The Morgan fingerprint density at radius 2 is 1.95 bits per heavy atom. The largest absolute Gasteiger partial charge is 0.488 e. The van der Waals surface area contributed by atoms with E-state index in [0.29, 0.717) is 22.0 Å². The Bertz CT molecular complexity index is 613. The Hall–Kier alpha value is -1.74. The van der Waals surface area contributed by atoms with Gasteiger partial charge in [0.2, 0.25) is 0 Å². The molecule has 0 heterocycles. The molecule has 4 heteroatoms. The summed E-state index contributed by atoms with van der Waals surface area (Å²) in [7, 11) is 0. The fourth-order valence-electron chi connectivity index (χ4n) is 1.85. The molecule has 2 aromatic rings. The predicted molar refractivity (Wildman–Crippen MR) is 76.1 cm³/mol. The summed E-state index contributed by atoms with van der Waals surface area (Å²) in [5.74, 6) is 0.334. The summed E-state index contributed by atoms with van der Waals surface area (Å²) in [4.78, 5) is 0. The van der Waals surface area contributed by atoms with Gasteiger partial charge in [-0.15, -0.1) is 0 Å². The van der Waals surface area contributed by atoms with Crippen LogP contribution in [0, 0.1) is 19.7 Å². The molecule has 0 fully saturated rings. The van der Waals surface area contributed by atoms with Crippen LogP contribution in [0.3, 0.4) is 0 Å². The van der Waals surface area contributed by atoms with E-state index < -0.39 is 0 Å². The van der Waals surface area contributed by atoms with Crippen molar-refractivity contribution in [2.45, 2.75) is 20.5 Å². The van der Waals surface area contributed by atoms with Gasteiger partial charge in [0.15, 0.2) is 0 Å². The van der Waals surface area contributed by atoms with Crippen LogP contribution in [0.15, 0.2) is 30.3 Å². The molecule has 2 aromatic carbocycles. The first-order valence-electron chi connectivity index (χ1n) is 5.91. The molecule has 0 amide bonds. The molecule has 100 valence electrons. The summed E-state index contributed by atoms with van der Waals surface area (Å²) in [5.41, 5.74) is 8.81. The number of hydrogen-bond donors (Lipinski definition) is 1. The minimum absolute atomic E-state index is 0.147. The number of benzene rings is 2. The number of hydrogen-bond acceptors (Lipinski definition) is 2. The van der Waals surface area contributed by atoms with Crippen molar-refractivity contribution in [2.24, 2.45) is 0 Å². The highest BCUT2D eigenvalue weighted by molar-refractivity contribution is 6.30. The SMILES string of the molecule is Cc1ccc(N)c(C)c1OCc1ccc(Cl)cc1F. The highest BCUT2D eigenvalue weighted by atomic mass is 35.5. The maximum atomic E-state index is 13.6. The second-order valence-electron chi connectivity index (χ2n) is 4.45. The van der Waals surface area contributed by atoms with Gasteiger partial charge < -0.3 is 10.5 Å². The van der Waals surface area contributed by atoms with Crippen LogP contribution in [0.4, 0.5) is 10.1 Å². The Morgan fingerprint density at radius 3 is 2.63 bits per heavy atom. The van der Waals surface area contributed by atoms with E-state index >= 15 is 0 Å². The number of nitrogen functional groups attached to an aromatic ring is 1. The Morgan fingerprint density at radius 1 is 1.21 bits per heavy atom. The molecule has 0 radical (unpaired) electrons. The van der Waals surface area contributed by atoms with E-state index in [1.54, 1.807) is 12.1 Å². The zero-order chi connectivity index (χ0) is 14.0. The van der Waals surface area contributed by atoms with E-state index in [2.05, 4.69) is 0 Å². The summed E-state index contributed by atoms with van der Waals surface area (Å²) in [5, 5.41) is 0.373. The summed E-state index contributed by atoms with van der Waals surface area (Å²) in [6, 6.07) is 8.26. The van der Waals surface area contributed by atoms with Crippen molar-refractivity contribution in [3.8, 4) is 5.75 Å². The van der Waals surface area contributed by atoms with Crippen LogP contribution >= 0.6 is 11.6 Å². The lowest BCUT2D eigenvalue weighted by molar-refractivity contribution is 0.296. The van der Waals surface area contributed by atoms with E-state index in [9.17, 15) is 4.39 Å². The molecule has 0 aliphatic rings. The van der Waals surface area contributed by atoms with Gasteiger partial charge >= 0.3 is 0 Å². The molecular formula is C15H15ClFNO. The van der Waals surface area contributed by atoms with Gasteiger partial charge in [0.05, 0.1) is 0 Å². The summed E-state index contributed by atoms with van der Waals surface area (Å²) in [6.45, 7) is 3.96. The lowest BCUT2D eigenvalue weighted by atomic mass is 10.1. The monoisotopic (exact) mass is 279 g/mol. The van der Waals surface area contributed by atoms with Gasteiger partial charge in [0, 0.05) is 21.8 Å². The zero-order valence-electron chi connectivity index (χ0n) is 10.8. The number of aryl methyl sites for hydroxylation is 1. The molecule has 2 rings (SSSR count). The molecule has 2 N–H and O–H groups in total. The first kappa shape index (κ1) is 13.7. The number of rotatable bonds is 3. The average Bonchev–Trinajstić information content (AvgIpc) is 2.36. The quantitative estimate of drug-likeness (QED) is 0.852. The van der Waals surface area contributed by atoms with Crippen molar-refractivity contribution in [3.05, 3.63) is 57.9 Å². The molecule has 0 aliphatic carbocycles. The summed E-state index contributed by atoms with van der Waals surface area (Å²) >= 11 is 5.71. The molecule has 0 aliphatic heterocycles. The third kappa shape index (κ3) is 2.99. The molecule has 0 atom stereocenters. The van der Waals surface area contributed by atoms with Crippen molar-refractivity contribution in [1.29, 1.82) is 0 Å². The smallest absolute Gasteiger partial charge is 0.131 e. The second-order valence-corrected chi connectivity index (χ2v) is 4.89. The van der Waals surface area contributed by atoms with E-state index in [-0.39, 0.29) is 12.4 Å². The molecule has 2 nitrogen and oxygen atoms in total. The molecule has 0 spiro atoms. The first-order chi connectivity index (χ1) is 8.99. The van der Waals surface area contributed by atoms with Crippen molar-refractivity contribution in [3.63, 3.8) is 0 Å². The molecule has 19 heavy (non-hydrogen) atoms. The van der Waals surface area contributed by atoms with Gasteiger partial charge in [-0.05, 0) is 37.6 Å². The van der Waals surface area contributed by atoms with Gasteiger partial charge in [-0.25, -0.2) is 4.39 Å². The maximum absolute atomic E-state index is 13.6. The molecule has 0 unspecified atom stereocenters. The molecule has 0 saturated heterocycles. The van der Waals surface area contributed by atoms with Gasteiger partial charge in [0.1, 0.15) is 18.2 Å². The minimum Gasteiger partial charge on any atom is -0.488 e. The zero-order valence-corrected chi connectivity index (χ0v) is 11.6. The topological polar surface area (TPSA) is 35.2 Å². The van der Waals surface area contributed by atoms with E-state index in [1.165, 1.54) is 6.07 Å². The Kier molecular flexibility index (Phi) is 3.96. The van der Waals surface area contributed by atoms with Crippen molar-refractivity contribution in [2.75, 3.05) is 5.73 Å². The number of anilines is 1. The summed E-state index contributed by atoms with van der Waals surface area (Å²) in [6.07, 6.45) is 0. The summed E-state index contributed by atoms with van der Waals surface area (Å²) < 4.78 is 19.3. The van der Waals surface area contributed by atoms with Gasteiger partial charge in [-0.1, -0.05) is 23.7 Å². The molecule has 0 saturated carbocycles. The highest BCUT2D eigenvalue weighted by Crippen LogP contribution is 2.28. The highest BCUT2D eigenvalue weighted by Gasteiger charge is 2.09. The first-order valence-corrected chi connectivity index (χ1v) is 6.29.